The summed E-state index contributed by atoms with van der Waals surface area (Å²) >= 11 is 6.01. The van der Waals surface area contributed by atoms with E-state index in [1.54, 1.807) is 6.20 Å². The van der Waals surface area contributed by atoms with Crippen LogP contribution in [0.25, 0.3) is 5.57 Å². The van der Waals surface area contributed by atoms with Gasteiger partial charge in [-0.05, 0) is 66.8 Å². The number of nitrogens with zero attached hydrogens (tertiary/aromatic N) is 3. The number of likely N-dealkylation sites (tertiary alicyclic amines) is 1. The van der Waals surface area contributed by atoms with Crippen LogP contribution in [-0.4, -0.2) is 45.7 Å². The van der Waals surface area contributed by atoms with Crippen molar-refractivity contribution < 1.29 is 15.1 Å². The smallest absolute Gasteiger partial charge is 0.227 e. The van der Waals surface area contributed by atoms with Gasteiger partial charge in [-0.25, -0.2) is 4.98 Å². The number of rotatable bonds is 5. The lowest BCUT2D eigenvalue weighted by molar-refractivity contribution is -0.0254. The normalized spacial score (nSPS) is 22.7. The Morgan fingerprint density at radius 3 is 2.78 bits per heavy atom. The molecule has 7 nitrogen and oxygen atoms in total. The minimum atomic E-state index is -0.812. The summed E-state index contributed by atoms with van der Waals surface area (Å²) in [6.07, 6.45) is 13.7. The number of ether oxygens (including phenoxy) is 1. The first-order valence-electron chi connectivity index (χ1n) is 12.1. The van der Waals surface area contributed by atoms with Crippen LogP contribution in [0.15, 0.2) is 89.5 Å². The number of allylic oxidation sites excluding steroid dienone is 5. The lowest BCUT2D eigenvalue weighted by Crippen LogP contribution is -2.42. The van der Waals surface area contributed by atoms with Crippen LogP contribution >= 0.6 is 11.6 Å². The van der Waals surface area contributed by atoms with E-state index >= 15 is 0 Å². The molecule has 0 amide bonds. The lowest BCUT2D eigenvalue weighted by atomic mass is 9.84. The van der Waals surface area contributed by atoms with E-state index in [0.29, 0.717) is 29.5 Å². The molecule has 3 aliphatic rings. The number of fused-ring (bicyclic) bond motifs is 2. The fourth-order valence-electron chi connectivity index (χ4n) is 4.99. The fourth-order valence-corrected chi connectivity index (χ4v) is 5.12. The maximum Gasteiger partial charge on any atom is 0.227 e. The average molecular weight is 505 g/mol. The van der Waals surface area contributed by atoms with Crippen molar-refractivity contribution in [2.24, 2.45) is 16.8 Å². The summed E-state index contributed by atoms with van der Waals surface area (Å²) in [6, 6.07) is 11.4. The highest BCUT2D eigenvalue weighted by Gasteiger charge is 2.34. The van der Waals surface area contributed by atoms with Crippen molar-refractivity contribution in [3.05, 3.63) is 100 Å². The molecule has 4 N–H and O–H groups in total. The summed E-state index contributed by atoms with van der Waals surface area (Å²) in [5, 5.41) is 24.3. The van der Waals surface area contributed by atoms with Crippen molar-refractivity contribution in [2.45, 2.75) is 24.9 Å². The largest absolute Gasteiger partial charge is 0.438 e. The van der Waals surface area contributed by atoms with E-state index in [1.807, 2.05) is 60.7 Å². The first kappa shape index (κ1) is 24.3. The van der Waals surface area contributed by atoms with E-state index in [4.69, 9.17) is 22.1 Å². The molecule has 5 rings (SSSR count). The number of aliphatic hydroxyl groups is 1. The Morgan fingerprint density at radius 1 is 1.25 bits per heavy atom. The van der Waals surface area contributed by atoms with Gasteiger partial charge in [0, 0.05) is 42.0 Å². The molecule has 0 saturated carbocycles. The average Bonchev–Trinajstić information content (AvgIpc) is 3.06. The fraction of sp³-hybridized carbons (Fsp3) is 0.286. The standard InChI is InChI=1S/C28H29ClN4O3/c29-21-10-8-20(9-11-21)28(34)12-16-33(17-13-28)15-3-4-19-18-24-23(26(30)32-35)5-1-7-25(24)36-27-22(19)6-2-14-31-27/h1-2,4-11,14,18,23,34-35H,3,12-13,15-17H2,(H2,30,32). The molecule has 0 bridgehead atoms. The number of amidine groups is 1. The van der Waals surface area contributed by atoms with E-state index in [2.05, 4.69) is 21.1 Å². The number of oxime groups is 1. The highest BCUT2D eigenvalue weighted by molar-refractivity contribution is 6.30. The van der Waals surface area contributed by atoms with Gasteiger partial charge >= 0.3 is 0 Å². The SMILES string of the molecule is NC(=NO)C1C=CC=C2Oc3ncccc3C(=CCCN3CCC(O)(c4ccc(Cl)cc4)CC3)C=C21. The first-order chi connectivity index (χ1) is 17.5. The van der Waals surface area contributed by atoms with E-state index < -0.39 is 5.60 Å². The maximum absolute atomic E-state index is 11.2. The maximum atomic E-state index is 11.2. The molecule has 1 unspecified atom stereocenters. The number of halogens is 1. The second-order valence-electron chi connectivity index (χ2n) is 9.30. The molecule has 36 heavy (non-hydrogen) atoms. The Bertz CT molecular complexity index is 1270. The van der Waals surface area contributed by atoms with Gasteiger partial charge < -0.3 is 25.7 Å². The monoisotopic (exact) mass is 504 g/mol. The molecule has 1 aliphatic carbocycles. The van der Waals surface area contributed by atoms with Gasteiger partial charge in [0.1, 0.15) is 5.76 Å². The Balaban J connectivity index is 1.32. The highest BCUT2D eigenvalue weighted by atomic mass is 35.5. The number of hydrogen-bond acceptors (Lipinski definition) is 6. The zero-order valence-corrected chi connectivity index (χ0v) is 20.6. The molecule has 186 valence electrons. The van der Waals surface area contributed by atoms with Crippen molar-refractivity contribution in [3.63, 3.8) is 0 Å². The molecule has 1 aromatic heterocycles. The van der Waals surface area contributed by atoms with Gasteiger partial charge in [-0.2, -0.15) is 0 Å². The van der Waals surface area contributed by atoms with Crippen LogP contribution in [0, 0.1) is 5.92 Å². The summed E-state index contributed by atoms with van der Waals surface area (Å²) in [5.41, 5.74) is 8.80. The number of aromatic nitrogens is 1. The van der Waals surface area contributed by atoms with Gasteiger partial charge in [-0.1, -0.05) is 47.1 Å². The molecule has 1 fully saturated rings. The van der Waals surface area contributed by atoms with Gasteiger partial charge in [0.2, 0.25) is 5.88 Å². The minimum Gasteiger partial charge on any atom is -0.438 e. The molecule has 1 aromatic carbocycles. The van der Waals surface area contributed by atoms with Crippen molar-refractivity contribution in [1.82, 2.24) is 9.88 Å². The van der Waals surface area contributed by atoms with Crippen LogP contribution in [-0.2, 0) is 5.60 Å². The van der Waals surface area contributed by atoms with Crippen molar-refractivity contribution in [1.29, 1.82) is 0 Å². The van der Waals surface area contributed by atoms with Gasteiger partial charge in [0.25, 0.3) is 0 Å². The Kier molecular flexibility index (Phi) is 6.96. The van der Waals surface area contributed by atoms with Crippen LogP contribution in [0.3, 0.4) is 0 Å². The van der Waals surface area contributed by atoms with Gasteiger partial charge in [-0.3, -0.25) is 0 Å². The number of benzene rings is 1. The third kappa shape index (κ3) is 4.95. The molecular formula is C28H29ClN4O3. The molecule has 1 atom stereocenters. The summed E-state index contributed by atoms with van der Waals surface area (Å²) < 4.78 is 6.14. The topological polar surface area (TPSA) is 104 Å². The second-order valence-corrected chi connectivity index (χ2v) is 9.74. The zero-order valence-electron chi connectivity index (χ0n) is 19.8. The number of hydrogen-bond donors (Lipinski definition) is 3. The predicted molar refractivity (Wildman–Crippen MR) is 141 cm³/mol. The van der Waals surface area contributed by atoms with Crippen LogP contribution in [0.4, 0.5) is 0 Å². The van der Waals surface area contributed by atoms with Crippen LogP contribution in [0.2, 0.25) is 5.02 Å². The molecule has 3 heterocycles. The van der Waals surface area contributed by atoms with E-state index in [-0.39, 0.29) is 11.8 Å². The Labute approximate surface area is 215 Å². The Morgan fingerprint density at radius 2 is 2.03 bits per heavy atom. The van der Waals surface area contributed by atoms with Gasteiger partial charge in [0.05, 0.1) is 11.5 Å². The van der Waals surface area contributed by atoms with Crippen LogP contribution < -0.4 is 10.5 Å². The number of piperidine rings is 1. The highest BCUT2D eigenvalue weighted by Crippen LogP contribution is 2.38. The first-order valence-corrected chi connectivity index (χ1v) is 12.5. The molecule has 8 heteroatoms. The van der Waals surface area contributed by atoms with Crippen LogP contribution in [0.1, 0.15) is 30.4 Å². The number of nitrogens with two attached hydrogens (primary N) is 1. The van der Waals surface area contributed by atoms with E-state index in [1.165, 1.54) is 0 Å². The Hall–Kier alpha value is -3.39. The van der Waals surface area contributed by atoms with Crippen molar-refractivity contribution in [3.8, 4) is 5.88 Å². The van der Waals surface area contributed by atoms with Crippen molar-refractivity contribution >= 4 is 23.0 Å². The predicted octanol–water partition coefficient (Wildman–Crippen LogP) is 4.63. The summed E-state index contributed by atoms with van der Waals surface area (Å²) in [6.45, 7) is 2.49. The number of pyridine rings is 1. The third-order valence-electron chi connectivity index (χ3n) is 7.08. The zero-order chi connectivity index (χ0) is 25.1. The third-order valence-corrected chi connectivity index (χ3v) is 7.33. The van der Waals surface area contributed by atoms with E-state index in [0.717, 1.165) is 48.3 Å². The molecular weight excluding hydrogens is 476 g/mol. The summed E-state index contributed by atoms with van der Waals surface area (Å²) in [7, 11) is 0. The van der Waals surface area contributed by atoms with Crippen LogP contribution in [0.5, 0.6) is 5.88 Å². The molecule has 0 radical (unpaired) electrons. The van der Waals surface area contributed by atoms with E-state index in [9.17, 15) is 10.3 Å². The molecule has 0 spiro atoms. The van der Waals surface area contributed by atoms with Gasteiger partial charge in [0.15, 0.2) is 5.84 Å². The van der Waals surface area contributed by atoms with Gasteiger partial charge in [-0.15, -0.1) is 0 Å². The summed E-state index contributed by atoms with van der Waals surface area (Å²) in [5.74, 6) is 0.877. The molecule has 2 aliphatic heterocycles. The second kappa shape index (κ2) is 10.3. The minimum absolute atomic E-state index is 0.103. The lowest BCUT2D eigenvalue weighted by Gasteiger charge is -2.38. The summed E-state index contributed by atoms with van der Waals surface area (Å²) in [4.78, 5) is 6.81. The molecule has 2 aromatic rings. The van der Waals surface area contributed by atoms with Crippen molar-refractivity contribution in [2.75, 3.05) is 19.6 Å². The molecule has 1 saturated heterocycles. The quantitative estimate of drug-likeness (QED) is 0.237.